The predicted molar refractivity (Wildman–Crippen MR) is 92.5 cm³/mol. The summed E-state index contributed by atoms with van der Waals surface area (Å²) in [6.07, 6.45) is 6.97. The Morgan fingerprint density at radius 3 is 2.55 bits per heavy atom. The van der Waals surface area contributed by atoms with E-state index in [4.69, 9.17) is 16.3 Å². The average molecular weight is 307 g/mol. The standard InChI is InChI=1S/C20H15ClO/c1-22-14-18-4-2-3-17-10-7-16(13-20(17)18)6-5-15-8-11-19(21)12-9-15/h2-3,7-14H,4H2,1H3. The molecule has 108 valence electrons. The summed E-state index contributed by atoms with van der Waals surface area (Å²) < 4.78 is 5.17. The largest absolute Gasteiger partial charge is 0.504 e. The highest BCUT2D eigenvalue weighted by molar-refractivity contribution is 6.30. The lowest BCUT2D eigenvalue weighted by Crippen LogP contribution is -1.95. The number of allylic oxidation sites excluding steroid dienone is 2. The van der Waals surface area contributed by atoms with Gasteiger partial charge in [0, 0.05) is 16.1 Å². The maximum Gasteiger partial charge on any atom is 0.0865 e. The molecule has 0 N–H and O–H groups in total. The molecule has 0 aliphatic heterocycles. The second-order valence-corrected chi connectivity index (χ2v) is 5.48. The first-order chi connectivity index (χ1) is 10.8. The van der Waals surface area contributed by atoms with Gasteiger partial charge in [-0.05, 0) is 59.5 Å². The van der Waals surface area contributed by atoms with Crippen LogP contribution < -0.4 is 0 Å². The van der Waals surface area contributed by atoms with Crippen LogP contribution in [0.15, 0.2) is 54.8 Å². The topological polar surface area (TPSA) is 9.23 Å². The van der Waals surface area contributed by atoms with Crippen molar-refractivity contribution >= 4 is 23.3 Å². The molecule has 0 saturated carbocycles. The molecule has 1 aliphatic rings. The van der Waals surface area contributed by atoms with Crippen LogP contribution in [0.25, 0.3) is 11.6 Å². The molecule has 2 aromatic carbocycles. The molecule has 2 heteroatoms. The van der Waals surface area contributed by atoms with Gasteiger partial charge >= 0.3 is 0 Å². The van der Waals surface area contributed by atoms with Crippen LogP contribution in [0, 0.1) is 11.8 Å². The van der Waals surface area contributed by atoms with Gasteiger partial charge in [0.25, 0.3) is 0 Å². The number of hydrogen-bond acceptors (Lipinski definition) is 1. The Balaban J connectivity index is 1.94. The second kappa shape index (κ2) is 6.56. The number of benzene rings is 2. The van der Waals surface area contributed by atoms with Crippen molar-refractivity contribution in [2.24, 2.45) is 0 Å². The summed E-state index contributed by atoms with van der Waals surface area (Å²) >= 11 is 5.88. The van der Waals surface area contributed by atoms with Gasteiger partial charge in [0.2, 0.25) is 0 Å². The van der Waals surface area contributed by atoms with Crippen LogP contribution >= 0.6 is 11.6 Å². The summed E-state index contributed by atoms with van der Waals surface area (Å²) in [6.45, 7) is 0. The Kier molecular flexibility index (Phi) is 4.32. The summed E-state index contributed by atoms with van der Waals surface area (Å²) in [5.41, 5.74) is 5.51. The van der Waals surface area contributed by atoms with Crippen LogP contribution in [0.5, 0.6) is 0 Å². The molecule has 2 aromatic rings. The number of methoxy groups -OCH3 is 1. The highest BCUT2D eigenvalue weighted by Gasteiger charge is 2.10. The number of fused-ring (bicyclic) bond motifs is 1. The molecule has 3 rings (SSSR count). The van der Waals surface area contributed by atoms with E-state index in [0.29, 0.717) is 0 Å². The molecule has 0 aromatic heterocycles. The van der Waals surface area contributed by atoms with Crippen LogP contribution in [-0.4, -0.2) is 7.11 Å². The van der Waals surface area contributed by atoms with E-state index in [1.807, 2.05) is 30.3 Å². The fourth-order valence-corrected chi connectivity index (χ4v) is 2.54. The van der Waals surface area contributed by atoms with Crippen molar-refractivity contribution in [1.29, 1.82) is 0 Å². The summed E-state index contributed by atoms with van der Waals surface area (Å²) in [6, 6.07) is 13.8. The maximum atomic E-state index is 5.88. The molecular weight excluding hydrogens is 292 g/mol. The Bertz CT molecular complexity index is 802. The Morgan fingerprint density at radius 1 is 1.05 bits per heavy atom. The van der Waals surface area contributed by atoms with Crippen LogP contribution in [0.4, 0.5) is 0 Å². The van der Waals surface area contributed by atoms with Crippen LogP contribution in [-0.2, 0) is 4.74 Å². The number of ether oxygens (including phenoxy) is 1. The van der Waals surface area contributed by atoms with Gasteiger partial charge in [-0.1, -0.05) is 41.7 Å². The lowest BCUT2D eigenvalue weighted by atomic mass is 9.91. The van der Waals surface area contributed by atoms with Gasteiger partial charge in [-0.25, -0.2) is 0 Å². The van der Waals surface area contributed by atoms with E-state index in [1.165, 1.54) is 16.7 Å². The molecule has 0 fully saturated rings. The van der Waals surface area contributed by atoms with Gasteiger partial charge in [-0.2, -0.15) is 0 Å². The Labute approximate surface area is 135 Å². The molecule has 0 saturated heterocycles. The molecule has 0 amide bonds. The van der Waals surface area contributed by atoms with E-state index in [0.717, 1.165) is 22.6 Å². The third-order valence-corrected chi connectivity index (χ3v) is 3.74. The second-order valence-electron chi connectivity index (χ2n) is 5.04. The number of rotatable bonds is 1. The van der Waals surface area contributed by atoms with Crippen LogP contribution in [0.1, 0.15) is 28.7 Å². The van der Waals surface area contributed by atoms with E-state index in [9.17, 15) is 0 Å². The minimum atomic E-state index is 0.723. The van der Waals surface area contributed by atoms with Crippen molar-refractivity contribution < 1.29 is 4.74 Å². The minimum Gasteiger partial charge on any atom is -0.504 e. The van der Waals surface area contributed by atoms with Gasteiger partial charge in [0.05, 0.1) is 13.4 Å². The third-order valence-electron chi connectivity index (χ3n) is 3.49. The zero-order chi connectivity index (χ0) is 15.4. The minimum absolute atomic E-state index is 0.723. The lowest BCUT2D eigenvalue weighted by Gasteiger charge is -2.14. The van der Waals surface area contributed by atoms with Crippen molar-refractivity contribution in [3.05, 3.63) is 82.1 Å². The Hall–Kier alpha value is -2.43. The molecule has 1 nitrogen and oxygen atoms in total. The number of halogens is 1. The van der Waals surface area contributed by atoms with E-state index in [1.54, 1.807) is 13.4 Å². The normalized spacial score (nSPS) is 14.2. The van der Waals surface area contributed by atoms with E-state index in [-0.39, 0.29) is 0 Å². The highest BCUT2D eigenvalue weighted by atomic mass is 35.5. The van der Waals surface area contributed by atoms with Crippen LogP contribution in [0.2, 0.25) is 5.02 Å². The number of hydrogen-bond donors (Lipinski definition) is 0. The predicted octanol–water partition coefficient (Wildman–Crippen LogP) is 5.14. The first-order valence-corrected chi connectivity index (χ1v) is 7.44. The molecule has 0 atom stereocenters. The van der Waals surface area contributed by atoms with Crippen LogP contribution in [0.3, 0.4) is 0 Å². The first kappa shape index (κ1) is 14.5. The van der Waals surface area contributed by atoms with Crippen molar-refractivity contribution in [1.82, 2.24) is 0 Å². The lowest BCUT2D eigenvalue weighted by molar-refractivity contribution is 0.339. The summed E-state index contributed by atoms with van der Waals surface area (Å²) in [7, 11) is 1.68. The van der Waals surface area contributed by atoms with Gasteiger partial charge in [0.1, 0.15) is 0 Å². The van der Waals surface area contributed by atoms with Crippen molar-refractivity contribution in [2.45, 2.75) is 6.42 Å². The first-order valence-electron chi connectivity index (χ1n) is 7.06. The summed E-state index contributed by atoms with van der Waals surface area (Å²) in [5.74, 6) is 6.37. The zero-order valence-corrected chi connectivity index (χ0v) is 13.0. The molecule has 0 radical (unpaired) electrons. The van der Waals surface area contributed by atoms with Gasteiger partial charge in [0.15, 0.2) is 0 Å². The summed E-state index contributed by atoms with van der Waals surface area (Å²) in [4.78, 5) is 0. The van der Waals surface area contributed by atoms with E-state index >= 15 is 0 Å². The quantitative estimate of drug-likeness (QED) is 0.523. The van der Waals surface area contributed by atoms with E-state index < -0.39 is 0 Å². The monoisotopic (exact) mass is 306 g/mol. The van der Waals surface area contributed by atoms with Gasteiger partial charge < -0.3 is 4.74 Å². The smallest absolute Gasteiger partial charge is 0.0865 e. The Morgan fingerprint density at radius 2 is 1.77 bits per heavy atom. The fourth-order valence-electron chi connectivity index (χ4n) is 2.41. The van der Waals surface area contributed by atoms with Crippen molar-refractivity contribution in [2.75, 3.05) is 7.11 Å². The third kappa shape index (κ3) is 3.24. The fraction of sp³-hybridized carbons (Fsp3) is 0.100. The average Bonchev–Trinajstić information content (AvgIpc) is 2.55. The zero-order valence-electron chi connectivity index (χ0n) is 12.3. The van der Waals surface area contributed by atoms with Gasteiger partial charge in [-0.3, -0.25) is 0 Å². The van der Waals surface area contributed by atoms with E-state index in [2.05, 4.69) is 36.1 Å². The SMILES string of the molecule is COC=C1CC=Cc2ccc(C#Cc3ccc(Cl)cc3)cc21. The highest BCUT2D eigenvalue weighted by Crippen LogP contribution is 2.29. The summed E-state index contributed by atoms with van der Waals surface area (Å²) in [5, 5.41) is 0.723. The molecule has 0 spiro atoms. The molecule has 0 unspecified atom stereocenters. The molecular formula is C20H15ClO. The molecule has 22 heavy (non-hydrogen) atoms. The maximum absolute atomic E-state index is 5.88. The molecule has 1 aliphatic carbocycles. The molecule has 0 heterocycles. The van der Waals surface area contributed by atoms with Gasteiger partial charge in [-0.15, -0.1) is 0 Å². The van der Waals surface area contributed by atoms with Crippen molar-refractivity contribution in [3.8, 4) is 11.8 Å². The van der Waals surface area contributed by atoms with Crippen molar-refractivity contribution in [3.63, 3.8) is 0 Å². The molecule has 0 bridgehead atoms.